The molecule has 3 nitrogen and oxygen atoms in total. The summed E-state index contributed by atoms with van der Waals surface area (Å²) in [6.07, 6.45) is 11.4. The molecular formula is C13H16N2OS. The molecule has 1 amide bonds. The lowest BCUT2D eigenvalue weighted by Gasteiger charge is -2.32. The van der Waals surface area contributed by atoms with E-state index in [0.29, 0.717) is 12.8 Å². The van der Waals surface area contributed by atoms with Gasteiger partial charge in [0.15, 0.2) is 5.17 Å². The minimum atomic E-state index is -0.533. The molecular weight excluding hydrogens is 232 g/mol. The molecule has 0 unspecified atom stereocenters. The molecule has 0 saturated heterocycles. The Kier molecular flexibility index (Phi) is 3.52. The Balaban J connectivity index is 2.32. The van der Waals surface area contributed by atoms with Gasteiger partial charge >= 0.3 is 0 Å². The van der Waals surface area contributed by atoms with E-state index in [1.165, 1.54) is 11.8 Å². The standard InChI is InChI=1S/C13H16N2OS/c1-3-5-7-13(8-6-4-2)11(16)14-12-15(13)9-10-17-12/h3-6,9-10H,7-8H2,1-2H3/b5-3+,6-4+. The number of aliphatic imine (C=N–C) groups is 1. The van der Waals surface area contributed by atoms with Crippen molar-refractivity contribution < 1.29 is 4.79 Å². The molecule has 0 spiro atoms. The summed E-state index contributed by atoms with van der Waals surface area (Å²) in [5.74, 6) is -0.0273. The average Bonchev–Trinajstić information content (AvgIpc) is 2.86. The molecule has 0 aromatic carbocycles. The smallest absolute Gasteiger partial charge is 0.275 e. The van der Waals surface area contributed by atoms with Crippen LogP contribution in [-0.2, 0) is 4.79 Å². The number of amidine groups is 1. The van der Waals surface area contributed by atoms with E-state index in [1.807, 2.05) is 54.7 Å². The summed E-state index contributed by atoms with van der Waals surface area (Å²) in [5, 5.41) is 2.79. The minimum absolute atomic E-state index is 0.0273. The molecule has 0 bridgehead atoms. The van der Waals surface area contributed by atoms with E-state index >= 15 is 0 Å². The Labute approximate surface area is 106 Å². The van der Waals surface area contributed by atoms with Crippen LogP contribution >= 0.6 is 11.8 Å². The first-order valence-corrected chi connectivity index (χ1v) is 6.60. The van der Waals surface area contributed by atoms with Crippen molar-refractivity contribution in [2.45, 2.75) is 32.2 Å². The maximum Gasteiger partial charge on any atom is 0.275 e. The molecule has 0 aliphatic carbocycles. The number of amides is 1. The van der Waals surface area contributed by atoms with E-state index in [1.54, 1.807) is 0 Å². The topological polar surface area (TPSA) is 32.7 Å². The fourth-order valence-electron chi connectivity index (χ4n) is 2.05. The zero-order chi connectivity index (χ0) is 12.3. The quantitative estimate of drug-likeness (QED) is 0.717. The Hall–Kier alpha value is -1.29. The zero-order valence-electron chi connectivity index (χ0n) is 10.1. The fraction of sp³-hybridized carbons (Fsp3) is 0.385. The molecule has 0 saturated carbocycles. The van der Waals surface area contributed by atoms with Gasteiger partial charge in [0.2, 0.25) is 0 Å². The van der Waals surface area contributed by atoms with Gasteiger partial charge in [-0.05, 0) is 32.1 Å². The SMILES string of the molecule is C/C=C/CC1(C/C=C/C)C(=O)N=C2SC=CN21. The third kappa shape index (κ3) is 1.97. The number of nitrogens with zero attached hydrogens (tertiary/aromatic N) is 2. The van der Waals surface area contributed by atoms with Crippen LogP contribution in [0.3, 0.4) is 0 Å². The molecule has 2 rings (SSSR count). The van der Waals surface area contributed by atoms with Gasteiger partial charge in [0, 0.05) is 6.20 Å². The second-order valence-electron chi connectivity index (χ2n) is 4.05. The molecule has 2 heterocycles. The Morgan fingerprint density at radius 1 is 1.35 bits per heavy atom. The summed E-state index contributed by atoms with van der Waals surface area (Å²) in [4.78, 5) is 18.3. The first-order valence-electron chi connectivity index (χ1n) is 5.72. The van der Waals surface area contributed by atoms with Crippen LogP contribution in [0.15, 0.2) is 40.9 Å². The van der Waals surface area contributed by atoms with Crippen LogP contribution < -0.4 is 0 Å². The number of allylic oxidation sites excluding steroid dienone is 2. The molecule has 0 radical (unpaired) electrons. The number of carbonyl (C=O) groups excluding carboxylic acids is 1. The molecule has 2 aliphatic rings. The predicted octanol–water partition coefficient (Wildman–Crippen LogP) is 3.07. The van der Waals surface area contributed by atoms with Crippen molar-refractivity contribution in [1.82, 2.24) is 4.90 Å². The summed E-state index contributed by atoms with van der Waals surface area (Å²) in [5.41, 5.74) is -0.533. The lowest BCUT2D eigenvalue weighted by molar-refractivity contribution is -0.124. The van der Waals surface area contributed by atoms with Gasteiger partial charge < -0.3 is 4.90 Å². The minimum Gasteiger partial charge on any atom is -0.311 e. The van der Waals surface area contributed by atoms with Crippen molar-refractivity contribution in [3.63, 3.8) is 0 Å². The molecule has 0 atom stereocenters. The van der Waals surface area contributed by atoms with E-state index in [2.05, 4.69) is 4.99 Å². The van der Waals surface area contributed by atoms with Crippen LogP contribution in [0.1, 0.15) is 26.7 Å². The van der Waals surface area contributed by atoms with Crippen LogP contribution in [0.4, 0.5) is 0 Å². The van der Waals surface area contributed by atoms with Crippen molar-refractivity contribution in [2.24, 2.45) is 4.99 Å². The summed E-state index contributed by atoms with van der Waals surface area (Å²) in [7, 11) is 0. The van der Waals surface area contributed by atoms with Gasteiger partial charge in [0.1, 0.15) is 5.54 Å². The number of fused-ring (bicyclic) bond motifs is 1. The van der Waals surface area contributed by atoms with Crippen molar-refractivity contribution in [1.29, 1.82) is 0 Å². The summed E-state index contributed by atoms with van der Waals surface area (Å²) >= 11 is 1.51. The predicted molar refractivity (Wildman–Crippen MR) is 72.6 cm³/mol. The van der Waals surface area contributed by atoms with Gasteiger partial charge in [0.05, 0.1) is 0 Å². The van der Waals surface area contributed by atoms with Gasteiger partial charge in [-0.1, -0.05) is 36.1 Å². The van der Waals surface area contributed by atoms with E-state index < -0.39 is 5.54 Å². The lowest BCUT2D eigenvalue weighted by Crippen LogP contribution is -2.46. The van der Waals surface area contributed by atoms with Gasteiger partial charge in [-0.2, -0.15) is 4.99 Å². The molecule has 17 heavy (non-hydrogen) atoms. The number of rotatable bonds is 4. The second-order valence-corrected chi connectivity index (χ2v) is 4.92. The summed E-state index contributed by atoms with van der Waals surface area (Å²) in [6, 6.07) is 0. The van der Waals surface area contributed by atoms with Crippen molar-refractivity contribution >= 4 is 22.8 Å². The highest BCUT2D eigenvalue weighted by molar-refractivity contribution is 8.16. The van der Waals surface area contributed by atoms with Crippen LogP contribution in [0.25, 0.3) is 0 Å². The highest BCUT2D eigenvalue weighted by Crippen LogP contribution is 2.39. The monoisotopic (exact) mass is 248 g/mol. The molecule has 2 aliphatic heterocycles. The van der Waals surface area contributed by atoms with Crippen LogP contribution in [0.2, 0.25) is 0 Å². The molecule has 4 heteroatoms. The average molecular weight is 248 g/mol. The fourth-order valence-corrected chi connectivity index (χ4v) is 2.84. The highest BCUT2D eigenvalue weighted by Gasteiger charge is 2.49. The van der Waals surface area contributed by atoms with Gasteiger partial charge in [-0.3, -0.25) is 4.79 Å². The Morgan fingerprint density at radius 3 is 2.59 bits per heavy atom. The van der Waals surface area contributed by atoms with Crippen molar-refractivity contribution in [2.75, 3.05) is 0 Å². The summed E-state index contributed by atoms with van der Waals surface area (Å²) in [6.45, 7) is 3.94. The van der Waals surface area contributed by atoms with E-state index in [-0.39, 0.29) is 5.91 Å². The van der Waals surface area contributed by atoms with Gasteiger partial charge in [-0.25, -0.2) is 0 Å². The van der Waals surface area contributed by atoms with E-state index in [9.17, 15) is 4.79 Å². The van der Waals surface area contributed by atoms with E-state index in [0.717, 1.165) is 5.17 Å². The van der Waals surface area contributed by atoms with Crippen molar-refractivity contribution in [3.8, 4) is 0 Å². The van der Waals surface area contributed by atoms with Crippen LogP contribution in [0.5, 0.6) is 0 Å². The van der Waals surface area contributed by atoms with E-state index in [4.69, 9.17) is 0 Å². The largest absolute Gasteiger partial charge is 0.311 e. The van der Waals surface area contributed by atoms with Crippen molar-refractivity contribution in [3.05, 3.63) is 35.9 Å². The highest BCUT2D eigenvalue weighted by atomic mass is 32.2. The molecule has 0 aromatic heterocycles. The first kappa shape index (κ1) is 12.2. The molecule has 0 N–H and O–H groups in total. The number of carbonyl (C=O) groups is 1. The first-order chi connectivity index (χ1) is 8.24. The Morgan fingerprint density at radius 2 is 2.00 bits per heavy atom. The normalized spacial score (nSPS) is 21.9. The second kappa shape index (κ2) is 4.92. The number of hydrogen-bond acceptors (Lipinski definition) is 3. The number of hydrogen-bond donors (Lipinski definition) is 0. The molecule has 0 fully saturated rings. The van der Waals surface area contributed by atoms with Gasteiger partial charge in [-0.15, -0.1) is 0 Å². The van der Waals surface area contributed by atoms with Gasteiger partial charge in [0.25, 0.3) is 5.91 Å². The van der Waals surface area contributed by atoms with Crippen LogP contribution in [0, 0.1) is 0 Å². The zero-order valence-corrected chi connectivity index (χ0v) is 10.9. The molecule has 90 valence electrons. The Bertz CT molecular complexity index is 421. The third-order valence-corrected chi connectivity index (χ3v) is 3.78. The molecule has 0 aromatic rings. The maximum atomic E-state index is 12.2. The maximum absolute atomic E-state index is 12.2. The lowest BCUT2D eigenvalue weighted by atomic mass is 9.89. The van der Waals surface area contributed by atoms with Crippen LogP contribution in [-0.4, -0.2) is 21.5 Å². The third-order valence-electron chi connectivity index (χ3n) is 3.03. The summed E-state index contributed by atoms with van der Waals surface area (Å²) < 4.78 is 0. The number of thioether (sulfide) groups is 1.